The highest BCUT2D eigenvalue weighted by Gasteiger charge is 2.27. The van der Waals surface area contributed by atoms with E-state index in [1.165, 1.54) is 6.92 Å². The standard InChI is InChI=1S/C25H26N6O4/c1-14(32)29-22-9-15(5-7-26-22)24-23(18-4-3-17(35-2)12-27-18)25-19(30-24)10-16(11-28-25)31-8-6-20(33)21(34)13-31/h3-5,7,9-12,20-21,30,33-34H,6,8,13H2,1-2H3,(H,26,29,32)/t20-,21-/m0/s1. The molecule has 10 heteroatoms. The number of fused-ring (bicyclic) bond motifs is 1. The van der Waals surface area contributed by atoms with Gasteiger partial charge in [-0.1, -0.05) is 0 Å². The van der Waals surface area contributed by atoms with E-state index in [-0.39, 0.29) is 5.91 Å². The zero-order valence-electron chi connectivity index (χ0n) is 19.4. The summed E-state index contributed by atoms with van der Waals surface area (Å²) in [4.78, 5) is 30.6. The largest absolute Gasteiger partial charge is 0.495 e. The van der Waals surface area contributed by atoms with Crippen LogP contribution in [0, 0.1) is 0 Å². The molecule has 1 fully saturated rings. The number of H-pyrrole nitrogens is 1. The number of aliphatic hydroxyl groups is 2. The average Bonchev–Trinajstić information content (AvgIpc) is 3.24. The molecule has 0 spiro atoms. The van der Waals surface area contributed by atoms with Crippen molar-refractivity contribution in [3.05, 3.63) is 48.9 Å². The summed E-state index contributed by atoms with van der Waals surface area (Å²) in [5.74, 6) is 0.883. The highest BCUT2D eigenvalue weighted by Crippen LogP contribution is 2.38. The molecular formula is C25H26N6O4. The second kappa shape index (κ2) is 9.32. The van der Waals surface area contributed by atoms with Gasteiger partial charge in [-0.15, -0.1) is 0 Å². The third-order valence-corrected chi connectivity index (χ3v) is 6.11. The van der Waals surface area contributed by atoms with Gasteiger partial charge in [-0.05, 0) is 36.8 Å². The van der Waals surface area contributed by atoms with Crippen LogP contribution in [0.2, 0.25) is 0 Å². The maximum Gasteiger partial charge on any atom is 0.222 e. The van der Waals surface area contributed by atoms with Crippen LogP contribution in [0.25, 0.3) is 33.5 Å². The van der Waals surface area contributed by atoms with E-state index in [1.807, 2.05) is 29.2 Å². The molecule has 0 aromatic carbocycles. The third kappa shape index (κ3) is 4.53. The smallest absolute Gasteiger partial charge is 0.222 e. The molecule has 1 aliphatic heterocycles. The van der Waals surface area contributed by atoms with Crippen molar-refractivity contribution in [2.75, 3.05) is 30.4 Å². The van der Waals surface area contributed by atoms with Crippen molar-refractivity contribution in [1.29, 1.82) is 0 Å². The van der Waals surface area contributed by atoms with Crippen LogP contribution in [0.5, 0.6) is 5.75 Å². The first-order valence-electron chi connectivity index (χ1n) is 11.3. The molecule has 4 N–H and O–H groups in total. The lowest BCUT2D eigenvalue weighted by atomic mass is 10.0. The molecule has 4 aromatic heterocycles. The van der Waals surface area contributed by atoms with E-state index < -0.39 is 12.2 Å². The van der Waals surface area contributed by atoms with E-state index in [9.17, 15) is 15.0 Å². The Morgan fingerprint density at radius 2 is 2.00 bits per heavy atom. The van der Waals surface area contributed by atoms with Crippen LogP contribution in [0.15, 0.2) is 48.9 Å². The number of nitrogens with zero attached hydrogens (tertiary/aromatic N) is 4. The normalized spacial score (nSPS) is 18.0. The number of carbonyl (C=O) groups excluding carboxylic acids is 1. The Morgan fingerprint density at radius 3 is 2.71 bits per heavy atom. The molecule has 180 valence electrons. The number of aliphatic hydroxyl groups excluding tert-OH is 2. The summed E-state index contributed by atoms with van der Waals surface area (Å²) in [6.45, 7) is 2.39. The molecule has 1 saturated heterocycles. The lowest BCUT2D eigenvalue weighted by Gasteiger charge is -2.34. The van der Waals surface area contributed by atoms with E-state index in [0.29, 0.717) is 36.8 Å². The Labute approximate surface area is 201 Å². The molecule has 35 heavy (non-hydrogen) atoms. The maximum absolute atomic E-state index is 11.6. The molecule has 1 amide bonds. The number of hydrogen-bond donors (Lipinski definition) is 4. The van der Waals surface area contributed by atoms with Crippen LogP contribution in [0.1, 0.15) is 13.3 Å². The molecule has 0 aliphatic carbocycles. The minimum absolute atomic E-state index is 0.205. The van der Waals surface area contributed by atoms with Crippen LogP contribution in [0.4, 0.5) is 11.5 Å². The number of nitrogens with one attached hydrogen (secondary N) is 2. The van der Waals surface area contributed by atoms with E-state index in [0.717, 1.165) is 33.5 Å². The van der Waals surface area contributed by atoms with Gasteiger partial charge in [-0.3, -0.25) is 14.8 Å². The molecule has 0 bridgehead atoms. The van der Waals surface area contributed by atoms with Gasteiger partial charge in [0.2, 0.25) is 5.91 Å². The molecular weight excluding hydrogens is 448 g/mol. The number of amides is 1. The molecule has 4 aromatic rings. The molecule has 5 rings (SSSR count). The van der Waals surface area contributed by atoms with Crippen molar-refractivity contribution in [3.63, 3.8) is 0 Å². The van der Waals surface area contributed by atoms with Crippen molar-refractivity contribution < 1.29 is 19.7 Å². The van der Waals surface area contributed by atoms with Gasteiger partial charge in [0, 0.05) is 31.8 Å². The van der Waals surface area contributed by atoms with Gasteiger partial charge in [0.05, 0.1) is 65.4 Å². The van der Waals surface area contributed by atoms with Gasteiger partial charge in [0.1, 0.15) is 11.6 Å². The van der Waals surface area contributed by atoms with Gasteiger partial charge in [-0.2, -0.15) is 0 Å². The second-order valence-corrected chi connectivity index (χ2v) is 8.53. The maximum atomic E-state index is 11.6. The first kappa shape index (κ1) is 22.8. The fraction of sp³-hybridized carbons (Fsp3) is 0.280. The molecule has 2 atom stereocenters. The lowest BCUT2D eigenvalue weighted by Crippen LogP contribution is -2.46. The predicted octanol–water partition coefficient (Wildman–Crippen LogP) is 2.59. The second-order valence-electron chi connectivity index (χ2n) is 8.53. The summed E-state index contributed by atoms with van der Waals surface area (Å²) < 4.78 is 5.26. The summed E-state index contributed by atoms with van der Waals surface area (Å²) in [6.07, 6.45) is 4.03. The fourth-order valence-corrected chi connectivity index (χ4v) is 4.34. The number of β-amino-alcohol motifs (C(OH)–C–C–N with tert-alkyl or cyclic N) is 1. The highest BCUT2D eigenvalue weighted by molar-refractivity contribution is 6.02. The Bertz CT molecular complexity index is 1370. The van der Waals surface area contributed by atoms with E-state index in [4.69, 9.17) is 9.72 Å². The third-order valence-electron chi connectivity index (χ3n) is 6.11. The van der Waals surface area contributed by atoms with Crippen molar-refractivity contribution in [3.8, 4) is 28.3 Å². The quantitative estimate of drug-likeness (QED) is 0.347. The number of aromatic amines is 1. The van der Waals surface area contributed by atoms with Gasteiger partial charge in [0.25, 0.3) is 0 Å². The molecule has 1 aliphatic rings. The molecule has 0 unspecified atom stereocenters. The Hall–Kier alpha value is -4.02. The van der Waals surface area contributed by atoms with Crippen LogP contribution < -0.4 is 15.0 Å². The first-order valence-corrected chi connectivity index (χ1v) is 11.3. The van der Waals surface area contributed by atoms with Gasteiger partial charge >= 0.3 is 0 Å². The average molecular weight is 475 g/mol. The highest BCUT2D eigenvalue weighted by atomic mass is 16.5. The Morgan fingerprint density at radius 1 is 1.14 bits per heavy atom. The zero-order valence-corrected chi connectivity index (χ0v) is 19.4. The topological polar surface area (TPSA) is 136 Å². The Kier molecular flexibility index (Phi) is 6.06. The van der Waals surface area contributed by atoms with Crippen LogP contribution in [0.3, 0.4) is 0 Å². The van der Waals surface area contributed by atoms with Crippen LogP contribution in [-0.4, -0.2) is 68.5 Å². The number of aromatic nitrogens is 4. The number of rotatable bonds is 5. The number of ether oxygens (including phenoxy) is 1. The summed E-state index contributed by atoms with van der Waals surface area (Å²) in [6, 6.07) is 9.35. The summed E-state index contributed by atoms with van der Waals surface area (Å²) in [5, 5.41) is 22.7. The van der Waals surface area contributed by atoms with Crippen LogP contribution >= 0.6 is 0 Å². The van der Waals surface area contributed by atoms with E-state index in [2.05, 4.69) is 20.3 Å². The van der Waals surface area contributed by atoms with Crippen molar-refractivity contribution >= 4 is 28.4 Å². The number of anilines is 2. The SMILES string of the molecule is COc1ccc(-c2c(-c3ccnc(NC(C)=O)c3)[nH]c3cc(N4CC[C@H](O)[C@@H](O)C4)cnc23)nc1. The first-order chi connectivity index (χ1) is 16.9. The molecule has 5 heterocycles. The number of piperidine rings is 1. The minimum atomic E-state index is -0.804. The number of methoxy groups -OCH3 is 1. The fourth-order valence-electron chi connectivity index (χ4n) is 4.34. The number of hydrogen-bond acceptors (Lipinski definition) is 8. The number of carbonyl (C=O) groups is 1. The summed E-state index contributed by atoms with van der Waals surface area (Å²) in [7, 11) is 1.59. The monoisotopic (exact) mass is 474 g/mol. The Balaban J connectivity index is 1.63. The lowest BCUT2D eigenvalue weighted by molar-refractivity contribution is -0.114. The predicted molar refractivity (Wildman–Crippen MR) is 132 cm³/mol. The molecule has 10 nitrogen and oxygen atoms in total. The van der Waals surface area contributed by atoms with Gasteiger partial charge in [-0.25, -0.2) is 4.98 Å². The van der Waals surface area contributed by atoms with Gasteiger partial charge < -0.3 is 30.2 Å². The van der Waals surface area contributed by atoms with Crippen molar-refractivity contribution in [1.82, 2.24) is 19.9 Å². The zero-order chi connectivity index (χ0) is 24.5. The van der Waals surface area contributed by atoms with E-state index in [1.54, 1.807) is 31.8 Å². The minimum Gasteiger partial charge on any atom is -0.495 e. The van der Waals surface area contributed by atoms with Crippen molar-refractivity contribution in [2.24, 2.45) is 0 Å². The summed E-state index contributed by atoms with van der Waals surface area (Å²) >= 11 is 0. The van der Waals surface area contributed by atoms with E-state index >= 15 is 0 Å². The molecule has 0 radical (unpaired) electrons. The summed E-state index contributed by atoms with van der Waals surface area (Å²) in [5.41, 5.74) is 5.49. The molecule has 0 saturated carbocycles. The van der Waals surface area contributed by atoms with Gasteiger partial charge in [0.15, 0.2) is 0 Å². The number of pyridine rings is 3. The van der Waals surface area contributed by atoms with Crippen LogP contribution in [-0.2, 0) is 4.79 Å². The van der Waals surface area contributed by atoms with Crippen molar-refractivity contribution in [2.45, 2.75) is 25.6 Å².